The van der Waals surface area contributed by atoms with Crippen molar-refractivity contribution in [3.05, 3.63) is 60.0 Å². The number of carboxylic acids is 1. The van der Waals surface area contributed by atoms with Crippen molar-refractivity contribution in [2.24, 2.45) is 0 Å². The molecule has 26 heavy (non-hydrogen) atoms. The van der Waals surface area contributed by atoms with E-state index in [2.05, 4.69) is 4.98 Å². The minimum Gasteiger partial charge on any atom is -0.486 e. The summed E-state index contributed by atoms with van der Waals surface area (Å²) in [5.74, 6) is 0.315. The highest BCUT2D eigenvalue weighted by molar-refractivity contribution is 5.76. The summed E-state index contributed by atoms with van der Waals surface area (Å²) in [5, 5.41) is 9.81. The molecule has 1 aromatic carbocycles. The number of aromatic nitrogens is 2. The molecular weight excluding hydrogens is 334 g/mol. The van der Waals surface area contributed by atoms with Crippen molar-refractivity contribution in [2.75, 3.05) is 20.3 Å². The second-order valence-electron chi connectivity index (χ2n) is 6.24. The molecule has 0 fully saturated rings. The Kier molecular flexibility index (Phi) is 4.22. The third kappa shape index (κ3) is 2.97. The number of pyridine rings is 1. The lowest BCUT2D eigenvalue weighted by Crippen LogP contribution is -2.31. The summed E-state index contributed by atoms with van der Waals surface area (Å²) >= 11 is 0. The van der Waals surface area contributed by atoms with Crippen molar-refractivity contribution in [1.29, 1.82) is 0 Å². The zero-order valence-corrected chi connectivity index (χ0v) is 14.3. The third-order valence-electron chi connectivity index (χ3n) is 4.46. The van der Waals surface area contributed by atoms with Gasteiger partial charge in [0.05, 0.1) is 11.9 Å². The summed E-state index contributed by atoms with van der Waals surface area (Å²) in [7, 11) is 1.79. The van der Waals surface area contributed by atoms with Gasteiger partial charge in [-0.2, -0.15) is 0 Å². The van der Waals surface area contributed by atoms with E-state index in [-0.39, 0.29) is 0 Å². The second-order valence-corrected chi connectivity index (χ2v) is 6.24. The van der Waals surface area contributed by atoms with E-state index in [1.54, 1.807) is 36.3 Å². The SMILES string of the molecule is CN(Cc1cnc2ccccn12)C(C(=O)O)c1ccc2c(c1)OCCO2. The number of ether oxygens (including phenoxy) is 2. The van der Waals surface area contributed by atoms with Gasteiger partial charge in [0.15, 0.2) is 11.5 Å². The van der Waals surface area contributed by atoms with Crippen LogP contribution in [0.5, 0.6) is 11.5 Å². The molecule has 0 saturated heterocycles. The van der Waals surface area contributed by atoms with Crippen LogP contribution in [-0.4, -0.2) is 45.6 Å². The average molecular weight is 353 g/mol. The van der Waals surface area contributed by atoms with Crippen molar-refractivity contribution in [3.63, 3.8) is 0 Å². The Morgan fingerprint density at radius 3 is 2.88 bits per heavy atom. The molecule has 7 nitrogen and oxygen atoms in total. The Labute approximate surface area is 150 Å². The molecule has 7 heteroatoms. The smallest absolute Gasteiger partial charge is 0.325 e. The van der Waals surface area contributed by atoms with E-state index in [9.17, 15) is 9.90 Å². The molecule has 0 saturated carbocycles. The monoisotopic (exact) mass is 353 g/mol. The quantitative estimate of drug-likeness (QED) is 0.759. The summed E-state index contributed by atoms with van der Waals surface area (Å²) in [6.07, 6.45) is 3.69. The Hall–Kier alpha value is -3.06. The Balaban J connectivity index is 1.63. The number of aliphatic carboxylic acids is 1. The van der Waals surface area contributed by atoms with Crippen LogP contribution in [0.25, 0.3) is 5.65 Å². The van der Waals surface area contributed by atoms with E-state index in [4.69, 9.17) is 9.47 Å². The fraction of sp³-hybridized carbons (Fsp3) is 0.263. The summed E-state index contributed by atoms with van der Waals surface area (Å²) in [4.78, 5) is 18.1. The van der Waals surface area contributed by atoms with Crippen molar-refractivity contribution in [3.8, 4) is 11.5 Å². The standard InChI is InChI=1S/C19H19N3O4/c1-21(12-14-11-20-17-4-2-3-7-22(14)17)18(19(23)24)13-5-6-15-16(10-13)26-9-8-25-15/h2-7,10-11,18H,8-9,12H2,1H3,(H,23,24). The lowest BCUT2D eigenvalue weighted by molar-refractivity contribution is -0.143. The molecular formula is C19H19N3O4. The van der Waals surface area contributed by atoms with Gasteiger partial charge in [-0.15, -0.1) is 0 Å². The van der Waals surface area contributed by atoms with Crippen LogP contribution in [0.4, 0.5) is 0 Å². The molecule has 134 valence electrons. The van der Waals surface area contributed by atoms with E-state index in [1.807, 2.05) is 28.8 Å². The number of carbonyl (C=O) groups is 1. The largest absolute Gasteiger partial charge is 0.486 e. The van der Waals surface area contributed by atoms with Crippen molar-refractivity contribution in [1.82, 2.24) is 14.3 Å². The number of rotatable bonds is 5. The predicted molar refractivity (Wildman–Crippen MR) is 94.5 cm³/mol. The number of hydrogen-bond donors (Lipinski definition) is 1. The topological polar surface area (TPSA) is 76.3 Å². The zero-order chi connectivity index (χ0) is 18.1. The number of hydrogen-bond acceptors (Lipinski definition) is 5. The molecule has 3 aromatic rings. The van der Waals surface area contributed by atoms with E-state index in [0.717, 1.165) is 11.3 Å². The van der Waals surface area contributed by atoms with Gasteiger partial charge in [0.1, 0.15) is 24.9 Å². The Morgan fingerprint density at radius 1 is 1.27 bits per heavy atom. The second kappa shape index (κ2) is 6.68. The van der Waals surface area contributed by atoms with Gasteiger partial charge in [0, 0.05) is 12.7 Å². The lowest BCUT2D eigenvalue weighted by atomic mass is 10.0. The van der Waals surface area contributed by atoms with Crippen LogP contribution in [0.3, 0.4) is 0 Å². The summed E-state index contributed by atoms with van der Waals surface area (Å²) in [6, 6.07) is 10.2. The van der Waals surface area contributed by atoms with E-state index in [0.29, 0.717) is 36.8 Å². The fourth-order valence-electron chi connectivity index (χ4n) is 3.26. The molecule has 1 N–H and O–H groups in total. The van der Waals surface area contributed by atoms with Gasteiger partial charge in [-0.1, -0.05) is 12.1 Å². The van der Waals surface area contributed by atoms with Crippen LogP contribution in [0.15, 0.2) is 48.8 Å². The Morgan fingerprint density at radius 2 is 2.08 bits per heavy atom. The van der Waals surface area contributed by atoms with Gasteiger partial charge in [-0.25, -0.2) is 4.98 Å². The first-order valence-electron chi connectivity index (χ1n) is 8.37. The van der Waals surface area contributed by atoms with Gasteiger partial charge in [0.25, 0.3) is 0 Å². The number of fused-ring (bicyclic) bond motifs is 2. The zero-order valence-electron chi connectivity index (χ0n) is 14.3. The fourth-order valence-corrected chi connectivity index (χ4v) is 3.26. The van der Waals surface area contributed by atoms with Crippen molar-refractivity contribution >= 4 is 11.6 Å². The van der Waals surface area contributed by atoms with Crippen LogP contribution < -0.4 is 9.47 Å². The Bertz CT molecular complexity index is 953. The van der Waals surface area contributed by atoms with Crippen LogP contribution in [0, 0.1) is 0 Å². The minimum absolute atomic E-state index is 0.441. The van der Waals surface area contributed by atoms with Gasteiger partial charge >= 0.3 is 5.97 Å². The summed E-state index contributed by atoms with van der Waals surface area (Å²) < 4.78 is 13.1. The lowest BCUT2D eigenvalue weighted by Gasteiger charge is -2.26. The van der Waals surface area contributed by atoms with E-state index in [1.165, 1.54) is 0 Å². The molecule has 2 aromatic heterocycles. The van der Waals surface area contributed by atoms with Gasteiger partial charge in [-0.3, -0.25) is 9.69 Å². The number of benzene rings is 1. The van der Waals surface area contributed by atoms with E-state index < -0.39 is 12.0 Å². The molecule has 1 aliphatic heterocycles. The van der Waals surface area contributed by atoms with E-state index >= 15 is 0 Å². The first-order valence-corrected chi connectivity index (χ1v) is 8.37. The minimum atomic E-state index is -0.919. The summed E-state index contributed by atoms with van der Waals surface area (Å²) in [6.45, 7) is 1.41. The average Bonchev–Trinajstić information content (AvgIpc) is 3.04. The maximum atomic E-state index is 12.0. The first kappa shape index (κ1) is 16.4. The first-order chi connectivity index (χ1) is 12.6. The van der Waals surface area contributed by atoms with Crippen LogP contribution in [0.2, 0.25) is 0 Å². The maximum Gasteiger partial charge on any atom is 0.325 e. The molecule has 0 amide bonds. The molecule has 3 heterocycles. The van der Waals surface area contributed by atoms with Crippen LogP contribution >= 0.6 is 0 Å². The molecule has 4 rings (SSSR count). The normalized spacial score (nSPS) is 14.5. The van der Waals surface area contributed by atoms with Gasteiger partial charge in [-0.05, 0) is 36.9 Å². The molecule has 0 spiro atoms. The highest BCUT2D eigenvalue weighted by Crippen LogP contribution is 2.34. The summed E-state index contributed by atoms with van der Waals surface area (Å²) in [5.41, 5.74) is 2.41. The van der Waals surface area contributed by atoms with Crippen molar-refractivity contribution < 1.29 is 19.4 Å². The molecule has 1 aliphatic rings. The van der Waals surface area contributed by atoms with Gasteiger partial charge < -0.3 is 19.0 Å². The number of imidazole rings is 1. The highest BCUT2D eigenvalue weighted by Gasteiger charge is 2.27. The molecule has 1 unspecified atom stereocenters. The number of carboxylic acid groups (broad SMARTS) is 1. The van der Waals surface area contributed by atoms with Crippen LogP contribution in [-0.2, 0) is 11.3 Å². The molecule has 0 bridgehead atoms. The third-order valence-corrected chi connectivity index (χ3v) is 4.46. The number of nitrogens with zero attached hydrogens (tertiary/aromatic N) is 3. The molecule has 0 aliphatic carbocycles. The highest BCUT2D eigenvalue weighted by atomic mass is 16.6. The van der Waals surface area contributed by atoms with Crippen LogP contribution in [0.1, 0.15) is 17.3 Å². The van der Waals surface area contributed by atoms with Crippen molar-refractivity contribution in [2.45, 2.75) is 12.6 Å². The maximum absolute atomic E-state index is 12.0. The molecule has 1 atom stereocenters. The molecule has 0 radical (unpaired) electrons. The predicted octanol–water partition coefficient (Wildman–Crippen LogP) is 2.36. The van der Waals surface area contributed by atoms with Gasteiger partial charge in [0.2, 0.25) is 0 Å². The number of likely N-dealkylation sites (N-methyl/N-ethyl adjacent to an activating group) is 1.